The van der Waals surface area contributed by atoms with E-state index < -0.39 is 23.7 Å². The zero-order chi connectivity index (χ0) is 19.1. The number of rotatable bonds is 6. The standard InChI is InChI=1S/C18H19FN2O5/c1-11(26-16-7-5-4-6-15(16)19)17(22)20-21-18(23)12-8-13(24-2)10-14(9-12)25-3/h4-11H,1-3H3,(H,20,22)(H,21,23)/t11-/m0/s1. The van der Waals surface area contributed by atoms with Crippen molar-refractivity contribution in [3.8, 4) is 17.2 Å². The fraction of sp³-hybridized carbons (Fsp3) is 0.222. The molecule has 2 N–H and O–H groups in total. The van der Waals surface area contributed by atoms with E-state index in [9.17, 15) is 14.0 Å². The number of carbonyl (C=O) groups is 2. The molecule has 0 radical (unpaired) electrons. The summed E-state index contributed by atoms with van der Waals surface area (Å²) in [5.41, 5.74) is 4.71. The second-order valence-corrected chi connectivity index (χ2v) is 5.24. The van der Waals surface area contributed by atoms with Gasteiger partial charge in [0.15, 0.2) is 17.7 Å². The second kappa shape index (κ2) is 8.70. The van der Waals surface area contributed by atoms with Crippen LogP contribution in [0.1, 0.15) is 17.3 Å². The predicted molar refractivity (Wildman–Crippen MR) is 91.6 cm³/mol. The summed E-state index contributed by atoms with van der Waals surface area (Å²) in [6.45, 7) is 1.43. The van der Waals surface area contributed by atoms with Crippen LogP contribution in [0.4, 0.5) is 4.39 Å². The van der Waals surface area contributed by atoms with Gasteiger partial charge < -0.3 is 14.2 Å². The molecule has 0 unspecified atom stereocenters. The number of methoxy groups -OCH3 is 2. The molecule has 2 amide bonds. The van der Waals surface area contributed by atoms with Gasteiger partial charge in [0.1, 0.15) is 11.5 Å². The van der Waals surface area contributed by atoms with E-state index in [1.165, 1.54) is 51.5 Å². The molecule has 1 atom stereocenters. The van der Waals surface area contributed by atoms with Crippen molar-refractivity contribution in [2.24, 2.45) is 0 Å². The van der Waals surface area contributed by atoms with Crippen molar-refractivity contribution in [3.63, 3.8) is 0 Å². The summed E-state index contributed by atoms with van der Waals surface area (Å²) in [7, 11) is 2.92. The van der Waals surface area contributed by atoms with Crippen LogP contribution in [0, 0.1) is 5.82 Å². The van der Waals surface area contributed by atoms with E-state index in [0.29, 0.717) is 11.5 Å². The quantitative estimate of drug-likeness (QED) is 0.769. The maximum absolute atomic E-state index is 13.5. The topological polar surface area (TPSA) is 85.9 Å². The zero-order valence-corrected chi connectivity index (χ0v) is 14.5. The maximum atomic E-state index is 13.5. The first-order chi connectivity index (χ1) is 12.4. The smallest absolute Gasteiger partial charge is 0.279 e. The predicted octanol–water partition coefficient (Wildman–Crippen LogP) is 2.07. The molecule has 2 rings (SSSR count). The van der Waals surface area contributed by atoms with Crippen molar-refractivity contribution in [2.75, 3.05) is 14.2 Å². The number of amides is 2. The molecule has 0 aliphatic rings. The summed E-state index contributed by atoms with van der Waals surface area (Å²) >= 11 is 0. The van der Waals surface area contributed by atoms with Gasteiger partial charge in [-0.2, -0.15) is 0 Å². The van der Waals surface area contributed by atoms with Crippen LogP contribution in [0.3, 0.4) is 0 Å². The molecular weight excluding hydrogens is 343 g/mol. The molecule has 0 saturated heterocycles. The van der Waals surface area contributed by atoms with Gasteiger partial charge >= 0.3 is 0 Å². The average Bonchev–Trinajstić information content (AvgIpc) is 2.66. The summed E-state index contributed by atoms with van der Waals surface area (Å²) < 4.78 is 29.0. The van der Waals surface area contributed by atoms with E-state index in [4.69, 9.17) is 14.2 Å². The van der Waals surface area contributed by atoms with Gasteiger partial charge in [-0.15, -0.1) is 0 Å². The molecule has 8 heteroatoms. The Bertz CT molecular complexity index is 775. The number of nitrogens with one attached hydrogen (secondary N) is 2. The second-order valence-electron chi connectivity index (χ2n) is 5.24. The van der Waals surface area contributed by atoms with Gasteiger partial charge in [0.25, 0.3) is 11.8 Å². The highest BCUT2D eigenvalue weighted by atomic mass is 19.1. The third kappa shape index (κ3) is 4.85. The van der Waals surface area contributed by atoms with Crippen LogP contribution in [-0.2, 0) is 4.79 Å². The van der Waals surface area contributed by atoms with Crippen molar-refractivity contribution in [1.82, 2.24) is 10.9 Å². The van der Waals surface area contributed by atoms with Crippen LogP contribution in [0.25, 0.3) is 0 Å². The average molecular weight is 362 g/mol. The fourth-order valence-corrected chi connectivity index (χ4v) is 2.01. The number of carbonyl (C=O) groups excluding carboxylic acids is 2. The minimum Gasteiger partial charge on any atom is -0.497 e. The first-order valence-corrected chi connectivity index (χ1v) is 7.69. The van der Waals surface area contributed by atoms with Gasteiger partial charge in [-0.3, -0.25) is 20.4 Å². The van der Waals surface area contributed by atoms with E-state index in [2.05, 4.69) is 10.9 Å². The van der Waals surface area contributed by atoms with E-state index in [0.717, 1.165) is 0 Å². The molecular formula is C18H19FN2O5. The van der Waals surface area contributed by atoms with E-state index in [-0.39, 0.29) is 11.3 Å². The molecule has 138 valence electrons. The van der Waals surface area contributed by atoms with Crippen molar-refractivity contribution in [2.45, 2.75) is 13.0 Å². The molecule has 26 heavy (non-hydrogen) atoms. The highest BCUT2D eigenvalue weighted by Crippen LogP contribution is 2.22. The summed E-state index contributed by atoms with van der Waals surface area (Å²) in [6, 6.07) is 10.3. The van der Waals surface area contributed by atoms with E-state index >= 15 is 0 Å². The molecule has 0 fully saturated rings. The van der Waals surface area contributed by atoms with E-state index in [1.807, 2.05) is 0 Å². The SMILES string of the molecule is COc1cc(OC)cc(C(=O)NNC(=O)[C@H](C)Oc2ccccc2F)c1. The molecule has 0 bridgehead atoms. The monoisotopic (exact) mass is 362 g/mol. The van der Waals surface area contributed by atoms with Gasteiger partial charge in [0.2, 0.25) is 0 Å². The summed E-state index contributed by atoms with van der Waals surface area (Å²) in [4.78, 5) is 24.2. The Morgan fingerprint density at radius 2 is 1.62 bits per heavy atom. The minimum atomic E-state index is -1.02. The van der Waals surface area contributed by atoms with Gasteiger partial charge in [-0.25, -0.2) is 4.39 Å². The normalized spacial score (nSPS) is 11.2. The fourth-order valence-electron chi connectivity index (χ4n) is 2.01. The summed E-state index contributed by atoms with van der Waals surface area (Å²) in [5, 5.41) is 0. The molecule has 2 aromatic carbocycles. The molecule has 0 spiro atoms. The third-order valence-electron chi connectivity index (χ3n) is 3.42. The molecule has 0 aromatic heterocycles. The summed E-state index contributed by atoms with van der Waals surface area (Å²) in [5.74, 6) is -1.00. The minimum absolute atomic E-state index is 0.0565. The number of hydrogen-bond donors (Lipinski definition) is 2. The molecule has 0 aliphatic carbocycles. The number of hydrazine groups is 1. The van der Waals surface area contributed by atoms with Crippen molar-refractivity contribution in [3.05, 3.63) is 53.8 Å². The Kier molecular flexibility index (Phi) is 6.37. The Hall–Kier alpha value is -3.29. The Labute approximate surface area is 150 Å². The van der Waals surface area contributed by atoms with Crippen molar-refractivity contribution in [1.29, 1.82) is 0 Å². The lowest BCUT2D eigenvalue weighted by molar-refractivity contribution is -0.128. The van der Waals surface area contributed by atoms with Gasteiger partial charge in [0, 0.05) is 11.6 Å². The van der Waals surface area contributed by atoms with Crippen LogP contribution < -0.4 is 25.1 Å². The highest BCUT2D eigenvalue weighted by Gasteiger charge is 2.18. The first-order valence-electron chi connectivity index (χ1n) is 7.69. The lowest BCUT2D eigenvalue weighted by atomic mass is 10.2. The number of halogens is 1. The number of benzene rings is 2. The Balaban J connectivity index is 1.96. The Morgan fingerprint density at radius 3 is 2.19 bits per heavy atom. The number of hydrogen-bond acceptors (Lipinski definition) is 5. The van der Waals surface area contributed by atoms with Gasteiger partial charge in [-0.1, -0.05) is 12.1 Å². The molecule has 0 heterocycles. The largest absolute Gasteiger partial charge is 0.497 e. The van der Waals surface area contributed by atoms with Crippen molar-refractivity contribution < 1.29 is 28.2 Å². The van der Waals surface area contributed by atoms with Crippen LogP contribution in [-0.4, -0.2) is 32.1 Å². The molecule has 0 aliphatic heterocycles. The van der Waals surface area contributed by atoms with Gasteiger partial charge in [0.05, 0.1) is 14.2 Å². The number of para-hydroxylation sites is 1. The number of ether oxygens (including phenoxy) is 3. The molecule has 7 nitrogen and oxygen atoms in total. The van der Waals surface area contributed by atoms with Crippen LogP contribution in [0.2, 0.25) is 0 Å². The van der Waals surface area contributed by atoms with Gasteiger partial charge in [-0.05, 0) is 31.2 Å². The lowest BCUT2D eigenvalue weighted by Gasteiger charge is -2.15. The zero-order valence-electron chi connectivity index (χ0n) is 14.5. The molecule has 2 aromatic rings. The Morgan fingerprint density at radius 1 is 1.00 bits per heavy atom. The maximum Gasteiger partial charge on any atom is 0.279 e. The van der Waals surface area contributed by atoms with Crippen LogP contribution in [0.5, 0.6) is 17.2 Å². The van der Waals surface area contributed by atoms with Crippen molar-refractivity contribution >= 4 is 11.8 Å². The first kappa shape index (κ1) is 19.0. The van der Waals surface area contributed by atoms with Crippen LogP contribution >= 0.6 is 0 Å². The third-order valence-corrected chi connectivity index (χ3v) is 3.42. The highest BCUT2D eigenvalue weighted by molar-refractivity contribution is 5.96. The van der Waals surface area contributed by atoms with E-state index in [1.54, 1.807) is 12.1 Å². The van der Waals surface area contributed by atoms with Crippen LogP contribution in [0.15, 0.2) is 42.5 Å². The summed E-state index contributed by atoms with van der Waals surface area (Å²) in [6.07, 6.45) is -1.02. The lowest BCUT2D eigenvalue weighted by Crippen LogP contribution is -2.47. The molecule has 0 saturated carbocycles.